The Morgan fingerprint density at radius 1 is 1.00 bits per heavy atom. The van der Waals surface area contributed by atoms with Crippen LogP contribution in [0.4, 0.5) is 5.69 Å². The maximum atomic E-state index is 12.9. The lowest BCUT2D eigenvalue weighted by atomic mass is 10.1. The summed E-state index contributed by atoms with van der Waals surface area (Å²) in [4.78, 5) is 37.1. The monoisotopic (exact) mass is 529 g/mol. The summed E-state index contributed by atoms with van der Waals surface area (Å²) in [6.45, 7) is 6.58. The van der Waals surface area contributed by atoms with E-state index in [4.69, 9.17) is 27.9 Å². The van der Waals surface area contributed by atoms with Gasteiger partial charge in [-0.2, -0.15) is 0 Å². The van der Waals surface area contributed by atoms with Crippen molar-refractivity contribution in [2.45, 2.75) is 46.4 Å². The van der Waals surface area contributed by atoms with Crippen LogP contribution in [0.3, 0.4) is 0 Å². The molecule has 0 atom stereocenters. The van der Waals surface area contributed by atoms with Crippen LogP contribution in [-0.2, 0) is 24.2 Å². The number of halogens is 2. The lowest BCUT2D eigenvalue weighted by Crippen LogP contribution is -2.26. The van der Waals surface area contributed by atoms with Crippen molar-refractivity contribution in [1.29, 1.82) is 0 Å². The minimum atomic E-state index is -0.376. The first-order chi connectivity index (χ1) is 17.2. The van der Waals surface area contributed by atoms with Crippen LogP contribution in [-0.4, -0.2) is 29.1 Å². The molecule has 2 aromatic carbocycles. The van der Waals surface area contributed by atoms with Crippen molar-refractivity contribution in [3.05, 3.63) is 97.4 Å². The van der Waals surface area contributed by atoms with E-state index in [1.54, 1.807) is 48.7 Å². The topological polar surface area (TPSA) is 89.4 Å². The van der Waals surface area contributed by atoms with Crippen LogP contribution in [0.5, 0.6) is 0 Å². The quantitative estimate of drug-likeness (QED) is 0.346. The second-order valence-corrected chi connectivity index (χ2v) is 9.25. The molecular weight excluding hydrogens is 501 g/mol. The Labute approximate surface area is 220 Å². The molecule has 0 fully saturated rings. The van der Waals surface area contributed by atoms with Gasteiger partial charge in [-0.05, 0) is 69.2 Å². The summed E-state index contributed by atoms with van der Waals surface area (Å²) in [5, 5.41) is 6.41. The van der Waals surface area contributed by atoms with Crippen molar-refractivity contribution in [2.75, 3.05) is 11.9 Å². The number of pyridine rings is 1. The van der Waals surface area contributed by atoms with E-state index in [-0.39, 0.29) is 35.1 Å². The molecule has 0 aliphatic carbocycles. The van der Waals surface area contributed by atoms with Gasteiger partial charge in [0.25, 0.3) is 11.5 Å². The van der Waals surface area contributed by atoms with Gasteiger partial charge in [-0.15, -0.1) is 0 Å². The number of nitrogens with one attached hydrogen (secondary N) is 2. The Hall–Kier alpha value is -3.29. The number of carbonyl (C=O) groups excluding carboxylic acids is 2. The standard InChI is InChI=1S/C27H29Cl2N3O4/c1-4-30-25(33)20-6-5-7-21(14-20)31-16-24-22(28)15-23(29)26(34)32(24)13-12-18-8-10-19(11-9-18)27(35)36-17(2)3/h5-11,14-15,17,31H,4,12-13,16H2,1-3H3,(H,30,33). The van der Waals surface area contributed by atoms with Crippen LogP contribution in [0.25, 0.3) is 0 Å². The zero-order chi connectivity index (χ0) is 26.2. The molecule has 190 valence electrons. The predicted molar refractivity (Wildman–Crippen MR) is 143 cm³/mol. The first kappa shape index (κ1) is 27.3. The molecule has 2 N–H and O–H groups in total. The van der Waals surface area contributed by atoms with Gasteiger partial charge in [-0.1, -0.05) is 41.4 Å². The van der Waals surface area contributed by atoms with Gasteiger partial charge < -0.3 is 19.9 Å². The zero-order valence-electron chi connectivity index (χ0n) is 20.4. The van der Waals surface area contributed by atoms with E-state index in [1.807, 2.05) is 25.1 Å². The van der Waals surface area contributed by atoms with E-state index in [9.17, 15) is 14.4 Å². The molecule has 1 amide bonds. The summed E-state index contributed by atoms with van der Waals surface area (Å²) < 4.78 is 6.76. The van der Waals surface area contributed by atoms with Gasteiger partial charge in [0.2, 0.25) is 0 Å². The third-order valence-corrected chi connectivity index (χ3v) is 5.98. The van der Waals surface area contributed by atoms with E-state index in [0.29, 0.717) is 47.0 Å². The van der Waals surface area contributed by atoms with Crippen LogP contribution in [0.2, 0.25) is 10.0 Å². The van der Waals surface area contributed by atoms with Crippen LogP contribution >= 0.6 is 23.2 Å². The molecule has 0 saturated heterocycles. The van der Waals surface area contributed by atoms with Crippen molar-refractivity contribution < 1.29 is 14.3 Å². The van der Waals surface area contributed by atoms with Gasteiger partial charge in [0.1, 0.15) is 5.02 Å². The fourth-order valence-corrected chi connectivity index (χ4v) is 4.15. The fourth-order valence-electron chi connectivity index (χ4n) is 3.60. The maximum absolute atomic E-state index is 12.9. The Bertz CT molecular complexity index is 1290. The number of esters is 1. The van der Waals surface area contributed by atoms with Gasteiger partial charge >= 0.3 is 5.97 Å². The average Bonchev–Trinajstić information content (AvgIpc) is 2.85. The number of rotatable bonds is 10. The summed E-state index contributed by atoms with van der Waals surface area (Å²) in [5.74, 6) is -0.537. The highest BCUT2D eigenvalue weighted by atomic mass is 35.5. The summed E-state index contributed by atoms with van der Waals surface area (Å²) >= 11 is 12.6. The number of ether oxygens (including phenoxy) is 1. The average molecular weight is 530 g/mol. The Kier molecular flexibility index (Phi) is 9.56. The summed E-state index contributed by atoms with van der Waals surface area (Å²) in [6.07, 6.45) is 0.329. The minimum Gasteiger partial charge on any atom is -0.459 e. The molecule has 0 saturated carbocycles. The van der Waals surface area contributed by atoms with Gasteiger partial charge in [-0.3, -0.25) is 9.59 Å². The van der Waals surface area contributed by atoms with Crippen molar-refractivity contribution in [3.8, 4) is 0 Å². The first-order valence-corrected chi connectivity index (χ1v) is 12.4. The molecular formula is C27H29Cl2N3O4. The van der Waals surface area contributed by atoms with E-state index in [1.165, 1.54) is 6.07 Å². The van der Waals surface area contributed by atoms with Gasteiger partial charge in [0.05, 0.1) is 28.9 Å². The van der Waals surface area contributed by atoms with Gasteiger partial charge in [-0.25, -0.2) is 4.79 Å². The molecule has 0 bridgehead atoms. The SMILES string of the molecule is CCNC(=O)c1cccc(NCc2c(Cl)cc(Cl)c(=O)n2CCc2ccc(C(=O)OC(C)C)cc2)c1. The highest BCUT2D eigenvalue weighted by Crippen LogP contribution is 2.21. The number of hydrogen-bond acceptors (Lipinski definition) is 5. The van der Waals surface area contributed by atoms with Crippen LogP contribution < -0.4 is 16.2 Å². The Morgan fingerprint density at radius 2 is 1.72 bits per heavy atom. The van der Waals surface area contributed by atoms with E-state index >= 15 is 0 Å². The number of nitrogens with zero attached hydrogens (tertiary/aromatic N) is 1. The zero-order valence-corrected chi connectivity index (χ0v) is 21.9. The highest BCUT2D eigenvalue weighted by molar-refractivity contribution is 6.34. The van der Waals surface area contributed by atoms with Crippen LogP contribution in [0, 0.1) is 0 Å². The molecule has 1 aromatic heterocycles. The second-order valence-electron chi connectivity index (χ2n) is 8.44. The largest absolute Gasteiger partial charge is 0.459 e. The first-order valence-electron chi connectivity index (χ1n) is 11.7. The molecule has 3 rings (SSSR count). The van der Waals surface area contributed by atoms with E-state index < -0.39 is 0 Å². The number of benzene rings is 2. The normalized spacial score (nSPS) is 10.8. The number of carbonyl (C=O) groups is 2. The molecule has 0 spiro atoms. The molecule has 0 aliphatic heterocycles. The van der Waals surface area contributed by atoms with Crippen molar-refractivity contribution in [3.63, 3.8) is 0 Å². The second kappa shape index (κ2) is 12.6. The molecule has 1 heterocycles. The highest BCUT2D eigenvalue weighted by Gasteiger charge is 2.14. The number of anilines is 1. The third-order valence-electron chi connectivity index (χ3n) is 5.38. The number of aromatic nitrogens is 1. The molecule has 0 aliphatic rings. The number of hydrogen-bond donors (Lipinski definition) is 2. The number of amides is 1. The smallest absolute Gasteiger partial charge is 0.338 e. The number of aryl methyl sites for hydroxylation is 1. The fraction of sp³-hybridized carbons (Fsp3) is 0.296. The lowest BCUT2D eigenvalue weighted by Gasteiger charge is -2.17. The Balaban J connectivity index is 1.76. The van der Waals surface area contributed by atoms with E-state index in [2.05, 4.69) is 10.6 Å². The molecule has 9 heteroatoms. The Morgan fingerprint density at radius 3 is 2.39 bits per heavy atom. The summed E-state index contributed by atoms with van der Waals surface area (Å²) in [7, 11) is 0. The van der Waals surface area contributed by atoms with E-state index in [0.717, 1.165) is 5.56 Å². The minimum absolute atomic E-state index is 0.0359. The lowest BCUT2D eigenvalue weighted by molar-refractivity contribution is 0.0377. The van der Waals surface area contributed by atoms with Crippen LogP contribution in [0.15, 0.2) is 59.4 Å². The molecule has 3 aromatic rings. The van der Waals surface area contributed by atoms with Gasteiger partial charge in [0.15, 0.2) is 0 Å². The van der Waals surface area contributed by atoms with Crippen LogP contribution in [0.1, 0.15) is 52.7 Å². The predicted octanol–water partition coefficient (Wildman–Crippen LogP) is 5.32. The molecule has 0 unspecified atom stereocenters. The summed E-state index contributed by atoms with van der Waals surface area (Å²) in [6, 6.07) is 15.6. The molecule has 0 radical (unpaired) electrons. The third kappa shape index (κ3) is 7.12. The maximum Gasteiger partial charge on any atom is 0.338 e. The summed E-state index contributed by atoms with van der Waals surface area (Å²) in [5.41, 5.74) is 2.88. The van der Waals surface area contributed by atoms with Crippen molar-refractivity contribution in [2.24, 2.45) is 0 Å². The van der Waals surface area contributed by atoms with Crippen molar-refractivity contribution >= 4 is 40.8 Å². The molecule has 36 heavy (non-hydrogen) atoms. The molecule has 7 nitrogen and oxygen atoms in total. The van der Waals surface area contributed by atoms with Crippen molar-refractivity contribution in [1.82, 2.24) is 9.88 Å². The van der Waals surface area contributed by atoms with Gasteiger partial charge in [0, 0.05) is 24.3 Å².